The number of nitrogens with zero attached hydrogens (tertiary/aromatic N) is 2. The van der Waals surface area contributed by atoms with Crippen molar-refractivity contribution in [2.45, 2.75) is 0 Å². The molecule has 25 heavy (non-hydrogen) atoms. The lowest BCUT2D eigenvalue weighted by Crippen LogP contribution is -2.13. The van der Waals surface area contributed by atoms with Crippen LogP contribution in [0.4, 0.5) is 11.4 Å². The molecule has 1 N–H and O–H groups in total. The summed E-state index contributed by atoms with van der Waals surface area (Å²) in [6, 6.07) is 16.4. The molecule has 0 saturated heterocycles. The van der Waals surface area contributed by atoms with Gasteiger partial charge in [-0.05, 0) is 53.4 Å². The lowest BCUT2D eigenvalue weighted by molar-refractivity contribution is -0.383. The predicted molar refractivity (Wildman–Crippen MR) is 95.5 cm³/mol. The van der Waals surface area contributed by atoms with Gasteiger partial charge < -0.3 is 5.32 Å². The molecule has 0 atom stereocenters. The summed E-state index contributed by atoms with van der Waals surface area (Å²) in [5, 5.41) is 24.5. The Morgan fingerprint density at radius 1 is 1.16 bits per heavy atom. The lowest BCUT2D eigenvalue weighted by Gasteiger charge is -2.08. The van der Waals surface area contributed by atoms with Gasteiger partial charge in [-0.15, -0.1) is 11.3 Å². The first-order valence-electron chi connectivity index (χ1n) is 7.22. The van der Waals surface area contributed by atoms with E-state index in [1.165, 1.54) is 41.7 Å². The van der Waals surface area contributed by atoms with Gasteiger partial charge in [-0.1, -0.05) is 6.07 Å². The van der Waals surface area contributed by atoms with Gasteiger partial charge in [0.15, 0.2) is 0 Å². The molecule has 0 saturated carbocycles. The van der Waals surface area contributed by atoms with Gasteiger partial charge in [-0.2, -0.15) is 5.26 Å². The fourth-order valence-electron chi connectivity index (χ4n) is 2.28. The normalized spacial score (nSPS) is 10.0. The highest BCUT2D eigenvalue weighted by Crippen LogP contribution is 2.32. The number of nitriles is 1. The fourth-order valence-corrected chi connectivity index (χ4v) is 3.01. The molecule has 0 unspecified atom stereocenters. The van der Waals surface area contributed by atoms with Crippen LogP contribution in [0.2, 0.25) is 0 Å². The summed E-state index contributed by atoms with van der Waals surface area (Å²) < 4.78 is 0. The van der Waals surface area contributed by atoms with E-state index in [1.54, 1.807) is 12.1 Å². The van der Waals surface area contributed by atoms with Crippen LogP contribution in [0.1, 0.15) is 15.9 Å². The van der Waals surface area contributed by atoms with Gasteiger partial charge in [-0.3, -0.25) is 14.9 Å². The molecule has 0 fully saturated rings. The molecule has 7 heteroatoms. The molecule has 1 heterocycles. The molecule has 3 rings (SSSR count). The maximum absolute atomic E-state index is 12.4. The molecular formula is C18H11N3O3S. The van der Waals surface area contributed by atoms with E-state index < -0.39 is 10.8 Å². The molecule has 0 radical (unpaired) electrons. The number of hydrogen-bond acceptors (Lipinski definition) is 5. The average molecular weight is 349 g/mol. The number of nitro benzene ring substituents is 1. The third kappa shape index (κ3) is 3.54. The Kier molecular flexibility index (Phi) is 4.55. The van der Waals surface area contributed by atoms with Crippen LogP contribution in [0.3, 0.4) is 0 Å². The van der Waals surface area contributed by atoms with Crippen LogP contribution in [0.5, 0.6) is 0 Å². The molecule has 0 aliphatic carbocycles. The second kappa shape index (κ2) is 6.95. The van der Waals surface area contributed by atoms with E-state index in [9.17, 15) is 14.9 Å². The number of carbonyl (C=O) groups is 1. The summed E-state index contributed by atoms with van der Waals surface area (Å²) in [5.74, 6) is -0.476. The van der Waals surface area contributed by atoms with Gasteiger partial charge >= 0.3 is 0 Å². The Labute approximate surface area is 147 Å². The zero-order chi connectivity index (χ0) is 17.8. The van der Waals surface area contributed by atoms with E-state index in [0.717, 1.165) is 10.4 Å². The third-order valence-corrected chi connectivity index (χ3v) is 4.44. The van der Waals surface area contributed by atoms with Gasteiger partial charge in [-0.25, -0.2) is 0 Å². The van der Waals surface area contributed by atoms with Crippen LogP contribution in [0.25, 0.3) is 10.4 Å². The van der Waals surface area contributed by atoms with Crippen LogP contribution in [-0.2, 0) is 0 Å². The van der Waals surface area contributed by atoms with Crippen molar-refractivity contribution in [1.29, 1.82) is 5.26 Å². The number of nitro groups is 1. The van der Waals surface area contributed by atoms with Crippen molar-refractivity contribution in [3.8, 4) is 16.5 Å². The summed E-state index contributed by atoms with van der Waals surface area (Å²) >= 11 is 1.51. The summed E-state index contributed by atoms with van der Waals surface area (Å²) in [5.41, 5.74) is 1.49. The minimum Gasteiger partial charge on any atom is -0.316 e. The van der Waals surface area contributed by atoms with E-state index in [1.807, 2.05) is 23.6 Å². The molecule has 0 aliphatic rings. The first-order chi connectivity index (χ1) is 12.1. The zero-order valence-electron chi connectivity index (χ0n) is 12.8. The quantitative estimate of drug-likeness (QED) is 0.556. The largest absolute Gasteiger partial charge is 0.316 e. The number of amides is 1. The Balaban J connectivity index is 1.94. The van der Waals surface area contributed by atoms with Crippen molar-refractivity contribution >= 4 is 28.6 Å². The van der Waals surface area contributed by atoms with Gasteiger partial charge in [0.25, 0.3) is 11.6 Å². The number of anilines is 1. The summed E-state index contributed by atoms with van der Waals surface area (Å²) in [7, 11) is 0. The van der Waals surface area contributed by atoms with Crippen molar-refractivity contribution in [2.75, 3.05) is 5.32 Å². The standard InChI is InChI=1S/C18H11N3O3S/c19-11-12-3-5-13(6-4-12)18(22)20-15-10-14(17-2-1-9-25-17)7-8-16(15)21(23)24/h1-10H,(H,20,22). The minimum absolute atomic E-state index is 0.130. The molecule has 1 amide bonds. The Bertz CT molecular complexity index is 974. The van der Waals surface area contributed by atoms with Crippen LogP contribution in [0, 0.1) is 21.4 Å². The van der Waals surface area contributed by atoms with E-state index in [4.69, 9.17) is 5.26 Å². The lowest BCUT2D eigenvalue weighted by atomic mass is 10.1. The number of nitrogens with one attached hydrogen (secondary N) is 1. The molecule has 0 spiro atoms. The Morgan fingerprint density at radius 3 is 2.52 bits per heavy atom. The third-order valence-electron chi connectivity index (χ3n) is 3.52. The van der Waals surface area contributed by atoms with Crippen molar-refractivity contribution in [3.05, 3.63) is 81.2 Å². The van der Waals surface area contributed by atoms with Crippen molar-refractivity contribution in [2.24, 2.45) is 0 Å². The number of carbonyl (C=O) groups excluding carboxylic acids is 1. The Hall–Kier alpha value is -3.50. The molecule has 3 aromatic rings. The SMILES string of the molecule is N#Cc1ccc(C(=O)Nc2cc(-c3cccs3)ccc2[N+](=O)[O-])cc1. The molecule has 0 bridgehead atoms. The van der Waals surface area contributed by atoms with Gasteiger partial charge in [0.2, 0.25) is 0 Å². The van der Waals surface area contributed by atoms with E-state index in [2.05, 4.69) is 5.32 Å². The minimum atomic E-state index is -0.535. The van der Waals surface area contributed by atoms with Gasteiger partial charge in [0.05, 0.1) is 16.6 Å². The summed E-state index contributed by atoms with van der Waals surface area (Å²) in [6.07, 6.45) is 0. The van der Waals surface area contributed by atoms with Crippen molar-refractivity contribution in [3.63, 3.8) is 0 Å². The highest BCUT2D eigenvalue weighted by Gasteiger charge is 2.18. The van der Waals surface area contributed by atoms with E-state index in [-0.39, 0.29) is 11.4 Å². The smallest absolute Gasteiger partial charge is 0.292 e. The van der Waals surface area contributed by atoms with Gasteiger partial charge in [0.1, 0.15) is 5.69 Å². The summed E-state index contributed by atoms with van der Waals surface area (Å²) in [4.78, 5) is 24.0. The van der Waals surface area contributed by atoms with Crippen molar-refractivity contribution in [1.82, 2.24) is 0 Å². The van der Waals surface area contributed by atoms with Gasteiger partial charge in [0, 0.05) is 16.5 Å². The monoisotopic (exact) mass is 349 g/mol. The Morgan fingerprint density at radius 2 is 1.92 bits per heavy atom. The molecule has 0 aliphatic heterocycles. The fraction of sp³-hybridized carbons (Fsp3) is 0. The predicted octanol–water partition coefficient (Wildman–Crippen LogP) is 4.45. The highest BCUT2D eigenvalue weighted by atomic mass is 32.1. The molecular weight excluding hydrogens is 338 g/mol. The van der Waals surface area contributed by atoms with Crippen LogP contribution in [-0.4, -0.2) is 10.8 Å². The maximum atomic E-state index is 12.4. The second-order valence-electron chi connectivity index (χ2n) is 5.11. The molecule has 122 valence electrons. The first-order valence-corrected chi connectivity index (χ1v) is 8.10. The van der Waals surface area contributed by atoms with E-state index >= 15 is 0 Å². The summed E-state index contributed by atoms with van der Waals surface area (Å²) in [6.45, 7) is 0. The molecule has 6 nitrogen and oxygen atoms in total. The number of thiophene rings is 1. The van der Waals surface area contributed by atoms with Crippen LogP contribution >= 0.6 is 11.3 Å². The molecule has 1 aromatic heterocycles. The van der Waals surface area contributed by atoms with E-state index in [0.29, 0.717) is 11.1 Å². The maximum Gasteiger partial charge on any atom is 0.292 e. The first kappa shape index (κ1) is 16.4. The number of benzene rings is 2. The molecule has 2 aromatic carbocycles. The number of hydrogen-bond donors (Lipinski definition) is 1. The number of rotatable bonds is 4. The van der Waals surface area contributed by atoms with Crippen molar-refractivity contribution < 1.29 is 9.72 Å². The van der Waals surface area contributed by atoms with Crippen LogP contribution < -0.4 is 5.32 Å². The van der Waals surface area contributed by atoms with Crippen LogP contribution in [0.15, 0.2) is 60.0 Å². The highest BCUT2D eigenvalue weighted by molar-refractivity contribution is 7.13. The zero-order valence-corrected chi connectivity index (χ0v) is 13.6. The average Bonchev–Trinajstić information content (AvgIpc) is 3.16. The topological polar surface area (TPSA) is 96.0 Å². The second-order valence-corrected chi connectivity index (χ2v) is 6.06.